The Kier molecular flexibility index (Phi) is 6.06. The van der Waals surface area contributed by atoms with Crippen LogP contribution in [0.2, 0.25) is 0 Å². The number of carbonyl (C=O) groups excluding carboxylic acids is 2. The molecule has 0 radical (unpaired) electrons. The molecule has 3 amide bonds. The molecular weight excluding hydrogens is 326 g/mol. The summed E-state index contributed by atoms with van der Waals surface area (Å²) in [6.07, 6.45) is 10.8. The molecule has 0 aromatic rings. The van der Waals surface area contributed by atoms with Crippen molar-refractivity contribution in [2.45, 2.75) is 64.8 Å². The van der Waals surface area contributed by atoms with Gasteiger partial charge in [0.15, 0.2) is 0 Å². The number of urea groups is 1. The number of hydrogen-bond donors (Lipinski definition) is 0. The number of likely N-dealkylation sites (N-methyl/N-ethyl adjacent to an activating group) is 1. The van der Waals surface area contributed by atoms with Crippen molar-refractivity contribution in [3.63, 3.8) is 0 Å². The van der Waals surface area contributed by atoms with E-state index in [1.807, 2.05) is 11.8 Å². The molecule has 0 aromatic carbocycles. The zero-order valence-electron chi connectivity index (χ0n) is 16.7. The molecule has 5 heteroatoms. The number of allylic oxidation sites excluding steroid dienone is 2. The van der Waals surface area contributed by atoms with Crippen molar-refractivity contribution in [1.29, 1.82) is 0 Å². The Bertz CT molecular complexity index is 549. The maximum atomic E-state index is 13.1. The van der Waals surface area contributed by atoms with Crippen LogP contribution in [-0.4, -0.2) is 64.9 Å². The third-order valence-corrected chi connectivity index (χ3v) is 6.45. The van der Waals surface area contributed by atoms with Crippen LogP contribution >= 0.6 is 0 Å². The normalized spacial score (nSPS) is 26.5. The van der Waals surface area contributed by atoms with Crippen molar-refractivity contribution < 1.29 is 9.59 Å². The van der Waals surface area contributed by atoms with Gasteiger partial charge in [0, 0.05) is 32.7 Å². The summed E-state index contributed by atoms with van der Waals surface area (Å²) < 4.78 is 0. The second-order valence-electron chi connectivity index (χ2n) is 8.65. The highest BCUT2D eigenvalue weighted by molar-refractivity contribution is 6.07. The summed E-state index contributed by atoms with van der Waals surface area (Å²) >= 11 is 0. The topological polar surface area (TPSA) is 43.9 Å². The van der Waals surface area contributed by atoms with Gasteiger partial charge in [-0.05, 0) is 57.3 Å². The molecule has 2 fully saturated rings. The van der Waals surface area contributed by atoms with Gasteiger partial charge >= 0.3 is 6.03 Å². The molecular formula is C21H35N3O2. The van der Waals surface area contributed by atoms with Gasteiger partial charge in [0.1, 0.15) is 5.54 Å². The number of likely N-dealkylation sites (tertiary alicyclic amines) is 1. The summed E-state index contributed by atoms with van der Waals surface area (Å²) in [5, 5.41) is 0. The van der Waals surface area contributed by atoms with E-state index in [9.17, 15) is 9.59 Å². The third-order valence-electron chi connectivity index (χ3n) is 6.45. The van der Waals surface area contributed by atoms with Crippen LogP contribution in [0.4, 0.5) is 4.79 Å². The first-order chi connectivity index (χ1) is 12.5. The molecule has 2 aliphatic heterocycles. The second kappa shape index (κ2) is 8.12. The molecule has 1 atom stereocenters. The lowest BCUT2D eigenvalue weighted by Gasteiger charge is -2.43. The van der Waals surface area contributed by atoms with Crippen molar-refractivity contribution in [3.8, 4) is 0 Å². The van der Waals surface area contributed by atoms with Crippen LogP contribution in [0.5, 0.6) is 0 Å². The molecule has 0 saturated carbocycles. The highest BCUT2D eigenvalue weighted by Gasteiger charge is 2.57. The Morgan fingerprint density at radius 2 is 1.92 bits per heavy atom. The molecule has 2 heterocycles. The first kappa shape index (κ1) is 19.4. The summed E-state index contributed by atoms with van der Waals surface area (Å²) in [6, 6.07) is -0.0657. The number of amides is 3. The van der Waals surface area contributed by atoms with E-state index < -0.39 is 5.54 Å². The zero-order chi connectivity index (χ0) is 18.7. The van der Waals surface area contributed by atoms with Gasteiger partial charge in [0.2, 0.25) is 0 Å². The lowest BCUT2D eigenvalue weighted by Crippen LogP contribution is -2.57. The molecule has 3 aliphatic rings. The Labute approximate surface area is 158 Å². The molecule has 146 valence electrons. The molecule has 2 saturated heterocycles. The van der Waals surface area contributed by atoms with E-state index in [-0.39, 0.29) is 11.9 Å². The van der Waals surface area contributed by atoms with E-state index in [1.165, 1.54) is 24.2 Å². The van der Waals surface area contributed by atoms with Crippen LogP contribution < -0.4 is 0 Å². The molecule has 3 rings (SSSR count). The minimum Gasteiger partial charge on any atom is -0.309 e. The monoisotopic (exact) mass is 361 g/mol. The Morgan fingerprint density at radius 1 is 1.19 bits per heavy atom. The molecule has 1 unspecified atom stereocenters. The molecule has 1 spiro atoms. The van der Waals surface area contributed by atoms with Crippen LogP contribution in [0, 0.1) is 11.8 Å². The van der Waals surface area contributed by atoms with Crippen molar-refractivity contribution in [2.75, 3.05) is 32.7 Å². The fourth-order valence-electron chi connectivity index (χ4n) is 4.73. The summed E-state index contributed by atoms with van der Waals surface area (Å²) in [5.41, 5.74) is -0.578. The molecule has 0 aromatic heterocycles. The number of rotatable bonds is 6. The minimum absolute atomic E-state index is 0.0500. The Balaban J connectivity index is 1.67. The predicted octanol–water partition coefficient (Wildman–Crippen LogP) is 3.51. The van der Waals surface area contributed by atoms with Crippen molar-refractivity contribution in [1.82, 2.24) is 14.7 Å². The first-order valence-corrected chi connectivity index (χ1v) is 10.5. The first-order valence-electron chi connectivity index (χ1n) is 10.5. The van der Waals surface area contributed by atoms with Crippen molar-refractivity contribution in [3.05, 3.63) is 12.2 Å². The molecule has 0 N–H and O–H groups in total. The maximum Gasteiger partial charge on any atom is 0.327 e. The van der Waals surface area contributed by atoms with Gasteiger partial charge < -0.3 is 9.80 Å². The van der Waals surface area contributed by atoms with Crippen molar-refractivity contribution in [2.24, 2.45) is 11.8 Å². The smallest absolute Gasteiger partial charge is 0.309 e. The maximum absolute atomic E-state index is 13.1. The Hall–Kier alpha value is -1.36. The van der Waals surface area contributed by atoms with Gasteiger partial charge in [-0.1, -0.05) is 26.0 Å². The SMILES string of the molecule is CCN1C(=O)N(CCC(C)C)C2(CCN(CC3CC=CCC3)CC2)C1=O. The quantitative estimate of drug-likeness (QED) is 0.537. The summed E-state index contributed by atoms with van der Waals surface area (Å²) in [4.78, 5) is 31.9. The van der Waals surface area contributed by atoms with Gasteiger partial charge in [-0.25, -0.2) is 4.79 Å². The van der Waals surface area contributed by atoms with Crippen LogP contribution in [-0.2, 0) is 4.79 Å². The molecule has 0 bridgehead atoms. The van der Waals surface area contributed by atoms with Crippen LogP contribution in [0.3, 0.4) is 0 Å². The molecule has 5 nitrogen and oxygen atoms in total. The average molecular weight is 362 g/mol. The number of piperidine rings is 1. The third kappa shape index (κ3) is 3.68. The summed E-state index contributed by atoms with van der Waals surface area (Å²) in [7, 11) is 0. The Morgan fingerprint density at radius 3 is 2.50 bits per heavy atom. The zero-order valence-corrected chi connectivity index (χ0v) is 16.7. The molecule has 1 aliphatic carbocycles. The number of nitrogens with zero attached hydrogens (tertiary/aromatic N) is 3. The standard InChI is InChI=1S/C21H35N3O2/c1-4-23-19(25)21(24(20(23)26)13-10-17(2)3)11-14-22(15-12-21)16-18-8-6-5-7-9-18/h5-6,17-18H,4,7-16H2,1-3H3. The predicted molar refractivity (Wildman–Crippen MR) is 104 cm³/mol. The van der Waals surface area contributed by atoms with Gasteiger partial charge in [-0.15, -0.1) is 0 Å². The minimum atomic E-state index is -0.578. The average Bonchev–Trinajstić information content (AvgIpc) is 2.82. The van der Waals surface area contributed by atoms with E-state index in [4.69, 9.17) is 0 Å². The highest BCUT2D eigenvalue weighted by atomic mass is 16.2. The molecule has 26 heavy (non-hydrogen) atoms. The van der Waals surface area contributed by atoms with E-state index in [0.29, 0.717) is 19.0 Å². The lowest BCUT2D eigenvalue weighted by molar-refractivity contribution is -0.135. The number of imide groups is 1. The summed E-state index contributed by atoms with van der Waals surface area (Å²) in [5.74, 6) is 1.33. The number of carbonyl (C=O) groups is 2. The van der Waals surface area contributed by atoms with Crippen LogP contribution in [0.25, 0.3) is 0 Å². The summed E-state index contributed by atoms with van der Waals surface area (Å²) in [6.45, 7) is 10.4. The highest BCUT2D eigenvalue weighted by Crippen LogP contribution is 2.38. The second-order valence-corrected chi connectivity index (χ2v) is 8.65. The van der Waals surface area contributed by atoms with Crippen LogP contribution in [0.15, 0.2) is 12.2 Å². The van der Waals surface area contributed by atoms with E-state index >= 15 is 0 Å². The van der Waals surface area contributed by atoms with Gasteiger partial charge in [0.05, 0.1) is 0 Å². The fraction of sp³-hybridized carbons (Fsp3) is 0.810. The fourth-order valence-corrected chi connectivity index (χ4v) is 4.73. The van der Waals surface area contributed by atoms with Gasteiger partial charge in [-0.2, -0.15) is 0 Å². The van der Waals surface area contributed by atoms with E-state index in [0.717, 1.165) is 44.8 Å². The van der Waals surface area contributed by atoms with E-state index in [1.54, 1.807) is 0 Å². The lowest BCUT2D eigenvalue weighted by atomic mass is 9.84. The number of hydrogen-bond acceptors (Lipinski definition) is 3. The van der Waals surface area contributed by atoms with E-state index in [2.05, 4.69) is 30.9 Å². The van der Waals surface area contributed by atoms with Gasteiger partial charge in [-0.3, -0.25) is 9.69 Å². The van der Waals surface area contributed by atoms with Gasteiger partial charge in [0.25, 0.3) is 5.91 Å². The van der Waals surface area contributed by atoms with Crippen molar-refractivity contribution >= 4 is 11.9 Å². The van der Waals surface area contributed by atoms with Crippen LogP contribution in [0.1, 0.15) is 59.3 Å². The largest absolute Gasteiger partial charge is 0.327 e.